The Hall–Kier alpha value is -2.04. The lowest BCUT2D eigenvalue weighted by molar-refractivity contribution is -0.123. The average molecular weight is 446 g/mol. The third kappa shape index (κ3) is 5.38. The molecule has 2 aromatic rings. The monoisotopic (exact) mass is 445 g/mol. The second-order valence-electron chi connectivity index (χ2n) is 10.5. The van der Waals surface area contributed by atoms with Gasteiger partial charge in [-0.2, -0.15) is 0 Å². The summed E-state index contributed by atoms with van der Waals surface area (Å²) in [6.07, 6.45) is 11.1. The van der Waals surface area contributed by atoms with Crippen LogP contribution < -0.4 is 0 Å². The Balaban J connectivity index is 1.11. The van der Waals surface area contributed by atoms with Crippen LogP contribution in [0.25, 0.3) is 0 Å². The van der Waals surface area contributed by atoms with E-state index in [4.69, 9.17) is 4.98 Å². The number of rotatable bonds is 6. The molecular formula is C29H39N3O. The van der Waals surface area contributed by atoms with E-state index in [-0.39, 0.29) is 11.8 Å². The fourth-order valence-electron chi connectivity index (χ4n) is 6.41. The SMILES string of the molecule is CC(=O)[C@@H](c1ccccc1)N1CCC(N2CCC(Cc3ccc4c(n3)CCCC4)CC2)CC1. The van der Waals surface area contributed by atoms with Crippen molar-refractivity contribution in [3.8, 4) is 0 Å². The number of fused-ring (bicyclic) bond motifs is 1. The maximum absolute atomic E-state index is 12.4. The molecule has 4 nitrogen and oxygen atoms in total. The van der Waals surface area contributed by atoms with Crippen LogP contribution in [0.15, 0.2) is 42.5 Å². The van der Waals surface area contributed by atoms with Crippen LogP contribution in [-0.2, 0) is 24.1 Å². The Kier molecular flexibility index (Phi) is 7.22. The first kappa shape index (κ1) is 22.7. The number of hydrogen-bond donors (Lipinski definition) is 0. The van der Waals surface area contributed by atoms with E-state index in [1.165, 1.54) is 81.4 Å². The second-order valence-corrected chi connectivity index (χ2v) is 10.5. The zero-order valence-electron chi connectivity index (χ0n) is 20.2. The van der Waals surface area contributed by atoms with Gasteiger partial charge in [-0.3, -0.25) is 14.7 Å². The molecule has 176 valence electrons. The van der Waals surface area contributed by atoms with E-state index in [1.54, 1.807) is 6.92 Å². The second kappa shape index (κ2) is 10.5. The first-order valence-corrected chi connectivity index (χ1v) is 13.2. The fourth-order valence-corrected chi connectivity index (χ4v) is 6.41. The van der Waals surface area contributed by atoms with Gasteiger partial charge >= 0.3 is 0 Å². The molecule has 0 N–H and O–H groups in total. The van der Waals surface area contributed by atoms with Gasteiger partial charge < -0.3 is 4.90 Å². The molecule has 0 bridgehead atoms. The largest absolute Gasteiger partial charge is 0.300 e. The van der Waals surface area contributed by atoms with Crippen molar-refractivity contribution >= 4 is 5.78 Å². The third-order valence-electron chi connectivity index (χ3n) is 8.26. The maximum Gasteiger partial charge on any atom is 0.151 e. The summed E-state index contributed by atoms with van der Waals surface area (Å²) in [7, 11) is 0. The Bertz CT molecular complexity index is 927. The maximum atomic E-state index is 12.4. The van der Waals surface area contributed by atoms with Crippen molar-refractivity contribution in [2.24, 2.45) is 5.92 Å². The first-order chi connectivity index (χ1) is 16.2. The standard InChI is InChI=1S/C29H39N3O/c1-22(33)29(25-8-3-2-4-9-25)32-19-15-27(16-20-32)31-17-13-23(14-18-31)21-26-12-11-24-7-5-6-10-28(24)30-26/h2-4,8-9,11-12,23,27,29H,5-7,10,13-21H2,1H3/t29-/m0/s1. The van der Waals surface area contributed by atoms with Gasteiger partial charge in [-0.05, 0) is 101 Å². The van der Waals surface area contributed by atoms with E-state index in [2.05, 4.69) is 34.1 Å². The Labute approximate surface area is 199 Å². The highest BCUT2D eigenvalue weighted by molar-refractivity contribution is 5.82. The van der Waals surface area contributed by atoms with Gasteiger partial charge in [0.05, 0.1) is 6.04 Å². The van der Waals surface area contributed by atoms with Crippen LogP contribution in [0, 0.1) is 5.92 Å². The lowest BCUT2D eigenvalue weighted by atomic mass is 9.89. The zero-order valence-corrected chi connectivity index (χ0v) is 20.2. The number of likely N-dealkylation sites (tertiary alicyclic amines) is 2. The fraction of sp³-hybridized carbons (Fsp3) is 0.586. The van der Waals surface area contributed by atoms with Crippen molar-refractivity contribution in [1.29, 1.82) is 0 Å². The zero-order chi connectivity index (χ0) is 22.6. The molecular weight excluding hydrogens is 406 g/mol. The molecule has 4 heteroatoms. The molecule has 5 rings (SSSR count). The van der Waals surface area contributed by atoms with Gasteiger partial charge in [0.2, 0.25) is 0 Å². The number of carbonyl (C=O) groups is 1. The van der Waals surface area contributed by atoms with Gasteiger partial charge in [0.1, 0.15) is 0 Å². The van der Waals surface area contributed by atoms with Crippen molar-refractivity contribution in [2.75, 3.05) is 26.2 Å². The van der Waals surface area contributed by atoms with Gasteiger partial charge in [0.25, 0.3) is 0 Å². The molecule has 0 amide bonds. The summed E-state index contributed by atoms with van der Waals surface area (Å²) in [6, 6.07) is 15.5. The molecule has 3 heterocycles. The highest BCUT2D eigenvalue weighted by atomic mass is 16.1. The quantitative estimate of drug-likeness (QED) is 0.626. The minimum absolute atomic E-state index is 0.0815. The van der Waals surface area contributed by atoms with E-state index in [0.29, 0.717) is 6.04 Å². The molecule has 1 atom stereocenters. The lowest BCUT2D eigenvalue weighted by Crippen LogP contribution is -2.49. The molecule has 0 radical (unpaired) electrons. The number of aryl methyl sites for hydroxylation is 2. The minimum Gasteiger partial charge on any atom is -0.300 e. The van der Waals surface area contributed by atoms with E-state index >= 15 is 0 Å². The van der Waals surface area contributed by atoms with Crippen molar-refractivity contribution < 1.29 is 4.79 Å². The first-order valence-electron chi connectivity index (χ1n) is 13.2. The third-order valence-corrected chi connectivity index (χ3v) is 8.26. The molecule has 3 aliphatic rings. The van der Waals surface area contributed by atoms with Crippen LogP contribution in [0.2, 0.25) is 0 Å². The molecule has 0 saturated carbocycles. The van der Waals surface area contributed by atoms with E-state index < -0.39 is 0 Å². The highest BCUT2D eigenvalue weighted by Crippen LogP contribution is 2.30. The number of piperidine rings is 2. The van der Waals surface area contributed by atoms with E-state index in [9.17, 15) is 4.79 Å². The van der Waals surface area contributed by atoms with Crippen molar-refractivity contribution in [3.05, 3.63) is 65.0 Å². The van der Waals surface area contributed by atoms with Crippen molar-refractivity contribution in [1.82, 2.24) is 14.8 Å². The topological polar surface area (TPSA) is 36.4 Å². The Morgan fingerprint density at radius 1 is 0.939 bits per heavy atom. The summed E-state index contributed by atoms with van der Waals surface area (Å²) >= 11 is 0. The molecule has 33 heavy (non-hydrogen) atoms. The molecule has 0 unspecified atom stereocenters. The predicted octanol–water partition coefficient (Wildman–Crippen LogP) is 5.01. The van der Waals surface area contributed by atoms with Crippen LogP contribution in [-0.4, -0.2) is 52.8 Å². The molecule has 1 aliphatic carbocycles. The summed E-state index contributed by atoms with van der Waals surface area (Å²) in [5.41, 5.74) is 5.33. The average Bonchev–Trinajstić information content (AvgIpc) is 2.86. The van der Waals surface area contributed by atoms with Gasteiger partial charge in [-0.1, -0.05) is 36.4 Å². The molecule has 2 fully saturated rings. The normalized spacial score (nSPS) is 22.1. The summed E-state index contributed by atoms with van der Waals surface area (Å²) in [4.78, 5) is 22.6. The number of hydrogen-bond acceptors (Lipinski definition) is 4. The Morgan fingerprint density at radius 2 is 1.67 bits per heavy atom. The van der Waals surface area contributed by atoms with Gasteiger partial charge in [0, 0.05) is 30.5 Å². The predicted molar refractivity (Wildman–Crippen MR) is 133 cm³/mol. The molecule has 2 saturated heterocycles. The van der Waals surface area contributed by atoms with Crippen LogP contribution >= 0.6 is 0 Å². The number of Topliss-reactive ketones (excluding diaryl/α,β-unsaturated/α-hetero) is 1. The van der Waals surface area contributed by atoms with Gasteiger partial charge in [-0.15, -0.1) is 0 Å². The lowest BCUT2D eigenvalue weighted by Gasteiger charge is -2.43. The van der Waals surface area contributed by atoms with Gasteiger partial charge in [-0.25, -0.2) is 0 Å². The van der Waals surface area contributed by atoms with Gasteiger partial charge in [0.15, 0.2) is 5.78 Å². The van der Waals surface area contributed by atoms with Crippen LogP contribution in [0.5, 0.6) is 0 Å². The summed E-state index contributed by atoms with van der Waals surface area (Å²) < 4.78 is 0. The van der Waals surface area contributed by atoms with Crippen LogP contribution in [0.3, 0.4) is 0 Å². The molecule has 2 aliphatic heterocycles. The number of nitrogens with zero attached hydrogens (tertiary/aromatic N) is 3. The number of carbonyl (C=O) groups excluding carboxylic acids is 1. The highest BCUT2D eigenvalue weighted by Gasteiger charge is 2.32. The Morgan fingerprint density at radius 3 is 2.39 bits per heavy atom. The number of pyridine rings is 1. The summed E-state index contributed by atoms with van der Waals surface area (Å²) in [5.74, 6) is 1.03. The molecule has 0 spiro atoms. The van der Waals surface area contributed by atoms with E-state index in [0.717, 1.165) is 31.0 Å². The van der Waals surface area contributed by atoms with E-state index in [1.807, 2.05) is 18.2 Å². The summed E-state index contributed by atoms with van der Waals surface area (Å²) in [6.45, 7) is 6.21. The van der Waals surface area contributed by atoms with Crippen molar-refractivity contribution in [2.45, 2.75) is 76.8 Å². The summed E-state index contributed by atoms with van der Waals surface area (Å²) in [5, 5.41) is 0. The van der Waals surface area contributed by atoms with Crippen LogP contribution in [0.4, 0.5) is 0 Å². The van der Waals surface area contributed by atoms with Crippen LogP contribution in [0.1, 0.15) is 74.0 Å². The smallest absolute Gasteiger partial charge is 0.151 e. The number of benzene rings is 1. The molecule has 1 aromatic carbocycles. The number of aromatic nitrogens is 1. The van der Waals surface area contributed by atoms with Crippen molar-refractivity contribution in [3.63, 3.8) is 0 Å². The molecule has 1 aromatic heterocycles. The number of ketones is 1. The minimum atomic E-state index is -0.0815.